The van der Waals surface area contributed by atoms with Crippen LogP contribution >= 0.6 is 0 Å². The second kappa shape index (κ2) is 5.54. The summed E-state index contributed by atoms with van der Waals surface area (Å²) in [4.78, 5) is 0. The summed E-state index contributed by atoms with van der Waals surface area (Å²) in [5, 5.41) is 0. The van der Waals surface area contributed by atoms with Gasteiger partial charge in [0.25, 0.3) is 0 Å². The van der Waals surface area contributed by atoms with Crippen LogP contribution in [0.1, 0.15) is 19.4 Å². The molecule has 3 nitrogen and oxygen atoms in total. The number of rotatable bonds is 4. The lowest BCUT2D eigenvalue weighted by molar-refractivity contribution is -0.694. The molecule has 0 atom stereocenters. The number of nitrogens with two attached hydrogens (primary N) is 1. The maximum atomic E-state index is 5.80. The van der Waals surface area contributed by atoms with E-state index in [9.17, 15) is 0 Å². The lowest BCUT2D eigenvalue weighted by atomic mass is 10.2. The Morgan fingerprint density at radius 2 is 1.89 bits per heavy atom. The van der Waals surface area contributed by atoms with Gasteiger partial charge in [-0.25, -0.2) is 0 Å². The molecule has 0 fully saturated rings. The van der Waals surface area contributed by atoms with Gasteiger partial charge >= 0.3 is 5.88 Å². The van der Waals surface area contributed by atoms with E-state index in [0.717, 1.165) is 18.1 Å². The maximum Gasteiger partial charge on any atom is 0.370 e. The molecule has 18 heavy (non-hydrogen) atoms. The molecule has 3 heteroatoms. The molecule has 0 spiro atoms. The highest BCUT2D eigenvalue weighted by atomic mass is 16.5. The molecule has 2 rings (SSSR count). The van der Waals surface area contributed by atoms with Gasteiger partial charge < -0.3 is 10.5 Å². The van der Waals surface area contributed by atoms with Gasteiger partial charge in [0.05, 0.1) is 12.2 Å². The Bertz CT molecular complexity index is 509. The molecule has 0 saturated carbocycles. The first-order valence-corrected chi connectivity index (χ1v) is 6.14. The molecular weight excluding hydrogens is 224 g/mol. The Kier molecular flexibility index (Phi) is 3.82. The third kappa shape index (κ3) is 3.23. The van der Waals surface area contributed by atoms with E-state index in [1.807, 2.05) is 50.4 Å². The molecule has 0 amide bonds. The van der Waals surface area contributed by atoms with Crippen LogP contribution in [0.25, 0.3) is 0 Å². The number of aromatic nitrogens is 1. The van der Waals surface area contributed by atoms with E-state index in [2.05, 4.69) is 16.7 Å². The molecule has 2 aromatic rings. The highest BCUT2D eigenvalue weighted by molar-refractivity contribution is 5.37. The van der Waals surface area contributed by atoms with Gasteiger partial charge in [0.1, 0.15) is 0 Å². The van der Waals surface area contributed by atoms with Crippen molar-refractivity contribution in [2.45, 2.75) is 26.5 Å². The number of benzene rings is 1. The Balaban J connectivity index is 2.26. The van der Waals surface area contributed by atoms with E-state index in [-0.39, 0.29) is 6.10 Å². The van der Waals surface area contributed by atoms with E-state index in [0.29, 0.717) is 0 Å². The summed E-state index contributed by atoms with van der Waals surface area (Å²) < 4.78 is 7.84. The normalized spacial score (nSPS) is 10.6. The van der Waals surface area contributed by atoms with E-state index < -0.39 is 0 Å². The zero-order valence-corrected chi connectivity index (χ0v) is 10.8. The minimum atomic E-state index is 0.133. The van der Waals surface area contributed by atoms with Crippen molar-refractivity contribution in [1.29, 1.82) is 0 Å². The van der Waals surface area contributed by atoms with Gasteiger partial charge in [-0.15, -0.1) is 0 Å². The quantitative estimate of drug-likeness (QED) is 0.837. The zero-order chi connectivity index (χ0) is 13.0. The summed E-state index contributed by atoms with van der Waals surface area (Å²) in [6.45, 7) is 4.80. The lowest BCUT2D eigenvalue weighted by Crippen LogP contribution is -2.37. The van der Waals surface area contributed by atoms with Crippen molar-refractivity contribution in [1.82, 2.24) is 0 Å². The fraction of sp³-hybridized carbons (Fsp3) is 0.267. The number of hydrogen-bond donors (Lipinski definition) is 1. The molecule has 2 N–H and O–H groups in total. The Labute approximate surface area is 108 Å². The van der Waals surface area contributed by atoms with Gasteiger partial charge in [0, 0.05) is 17.3 Å². The van der Waals surface area contributed by atoms with Gasteiger partial charge in [-0.05, 0) is 13.8 Å². The van der Waals surface area contributed by atoms with E-state index >= 15 is 0 Å². The van der Waals surface area contributed by atoms with Crippen LogP contribution in [0.3, 0.4) is 0 Å². The van der Waals surface area contributed by atoms with Crippen LogP contribution in [0.4, 0.5) is 5.69 Å². The smallest absolute Gasteiger partial charge is 0.370 e. The van der Waals surface area contributed by atoms with Crippen LogP contribution in [0, 0.1) is 0 Å². The highest BCUT2D eigenvalue weighted by Gasteiger charge is 2.14. The number of nitrogen functional groups attached to an aromatic ring is 1. The van der Waals surface area contributed by atoms with Crippen molar-refractivity contribution in [3.05, 3.63) is 54.2 Å². The number of pyridine rings is 1. The van der Waals surface area contributed by atoms with Crippen molar-refractivity contribution in [2.75, 3.05) is 5.73 Å². The Morgan fingerprint density at radius 1 is 1.17 bits per heavy atom. The monoisotopic (exact) mass is 243 g/mol. The molecule has 94 valence electrons. The van der Waals surface area contributed by atoms with Crippen LogP contribution in [-0.4, -0.2) is 6.10 Å². The molecule has 0 radical (unpaired) electrons. The summed E-state index contributed by atoms with van der Waals surface area (Å²) in [5.41, 5.74) is 7.76. The average Bonchev–Trinajstić information content (AvgIpc) is 2.33. The first kappa shape index (κ1) is 12.4. The number of ether oxygens (including phenoxy) is 1. The van der Waals surface area contributed by atoms with Crippen LogP contribution in [-0.2, 0) is 6.54 Å². The topological polar surface area (TPSA) is 39.1 Å². The summed E-state index contributed by atoms with van der Waals surface area (Å²) >= 11 is 0. The first-order valence-electron chi connectivity index (χ1n) is 6.14. The number of nitrogens with zero attached hydrogens (tertiary/aromatic N) is 1. The Morgan fingerprint density at radius 3 is 2.56 bits per heavy atom. The predicted octanol–water partition coefficient (Wildman–Crippen LogP) is 2.39. The molecule has 1 heterocycles. The zero-order valence-electron chi connectivity index (χ0n) is 10.8. The van der Waals surface area contributed by atoms with Crippen molar-refractivity contribution in [3.8, 4) is 5.88 Å². The molecular formula is C15H19N2O+. The SMILES string of the molecule is CC(C)Oc1cc(N)cc[n+]1Cc1ccccc1. The minimum absolute atomic E-state index is 0.133. The van der Waals surface area contributed by atoms with Crippen molar-refractivity contribution in [2.24, 2.45) is 0 Å². The number of hydrogen-bond acceptors (Lipinski definition) is 2. The average molecular weight is 243 g/mol. The molecule has 0 aliphatic heterocycles. The second-order valence-electron chi connectivity index (χ2n) is 4.58. The third-order valence-corrected chi connectivity index (χ3v) is 2.57. The lowest BCUT2D eigenvalue weighted by Gasteiger charge is -2.09. The van der Waals surface area contributed by atoms with E-state index in [1.165, 1.54) is 5.56 Å². The molecule has 1 aromatic carbocycles. The van der Waals surface area contributed by atoms with Crippen LogP contribution in [0.15, 0.2) is 48.7 Å². The molecule has 0 saturated heterocycles. The second-order valence-corrected chi connectivity index (χ2v) is 4.58. The summed E-state index contributed by atoms with van der Waals surface area (Å²) in [6.07, 6.45) is 2.09. The molecule has 0 aliphatic carbocycles. The molecule has 0 bridgehead atoms. The van der Waals surface area contributed by atoms with Crippen LogP contribution < -0.4 is 15.0 Å². The maximum absolute atomic E-state index is 5.80. The van der Waals surface area contributed by atoms with Gasteiger partial charge in [-0.3, -0.25) is 0 Å². The van der Waals surface area contributed by atoms with E-state index in [1.54, 1.807) is 0 Å². The predicted molar refractivity (Wildman–Crippen MR) is 72.4 cm³/mol. The van der Waals surface area contributed by atoms with Gasteiger partial charge in [-0.1, -0.05) is 30.3 Å². The van der Waals surface area contributed by atoms with Gasteiger partial charge in [-0.2, -0.15) is 4.57 Å². The standard InChI is InChI=1S/C15H18N2O/c1-12(2)18-15-10-14(16)8-9-17(15)11-13-6-4-3-5-7-13/h3-10,12,16H,11H2,1-2H3/p+1. The third-order valence-electron chi connectivity index (χ3n) is 2.57. The molecule has 0 unspecified atom stereocenters. The van der Waals surface area contributed by atoms with Crippen LogP contribution in [0.2, 0.25) is 0 Å². The Hall–Kier alpha value is -2.03. The summed E-state index contributed by atoms with van der Waals surface area (Å²) in [6, 6.07) is 14.0. The fourth-order valence-corrected chi connectivity index (χ4v) is 1.78. The van der Waals surface area contributed by atoms with Crippen LogP contribution in [0.5, 0.6) is 5.88 Å². The fourth-order valence-electron chi connectivity index (χ4n) is 1.78. The van der Waals surface area contributed by atoms with E-state index in [4.69, 9.17) is 10.5 Å². The van der Waals surface area contributed by atoms with Gasteiger partial charge in [0.2, 0.25) is 0 Å². The van der Waals surface area contributed by atoms with Gasteiger partial charge in [0.15, 0.2) is 12.7 Å². The van der Waals surface area contributed by atoms with Crippen molar-refractivity contribution >= 4 is 5.69 Å². The molecule has 1 aromatic heterocycles. The minimum Gasteiger partial charge on any atom is -0.442 e. The highest BCUT2D eigenvalue weighted by Crippen LogP contribution is 2.12. The number of anilines is 1. The van der Waals surface area contributed by atoms with Crippen molar-refractivity contribution in [3.63, 3.8) is 0 Å². The van der Waals surface area contributed by atoms with Crippen molar-refractivity contribution < 1.29 is 9.30 Å². The summed E-state index contributed by atoms with van der Waals surface area (Å²) in [5.74, 6) is 0.800. The molecule has 0 aliphatic rings. The summed E-state index contributed by atoms with van der Waals surface area (Å²) in [7, 11) is 0. The first-order chi connectivity index (χ1) is 8.65. The largest absolute Gasteiger partial charge is 0.442 e.